The minimum Gasteiger partial charge on any atom is -0.460 e. The van der Waals surface area contributed by atoms with Crippen LogP contribution in [0.5, 0.6) is 0 Å². The third-order valence-electron chi connectivity index (χ3n) is 4.72. The van der Waals surface area contributed by atoms with Gasteiger partial charge in [0.05, 0.1) is 22.4 Å². The van der Waals surface area contributed by atoms with E-state index in [1.54, 1.807) is 18.6 Å². The number of thiophene rings is 1. The van der Waals surface area contributed by atoms with Gasteiger partial charge in [0.25, 0.3) is 5.56 Å². The molecule has 0 saturated carbocycles. The number of thiazole rings is 1. The normalized spacial score (nSPS) is 16.2. The maximum absolute atomic E-state index is 13.4. The summed E-state index contributed by atoms with van der Waals surface area (Å²) in [4.78, 5) is 32.4. The van der Waals surface area contributed by atoms with Gasteiger partial charge in [-0.05, 0) is 42.1 Å². The van der Waals surface area contributed by atoms with Gasteiger partial charge in [-0.15, -0.1) is 11.3 Å². The predicted octanol–water partition coefficient (Wildman–Crippen LogP) is 3.25. The number of hydrogen-bond donors (Lipinski definition) is 0. The van der Waals surface area contributed by atoms with Gasteiger partial charge in [0.15, 0.2) is 4.80 Å². The molecule has 160 valence electrons. The highest BCUT2D eigenvalue weighted by atomic mass is 79.9. The number of aromatic nitrogens is 1. The first kappa shape index (κ1) is 21.9. The van der Waals surface area contributed by atoms with Crippen LogP contribution in [0.15, 0.2) is 67.3 Å². The number of ether oxygens (including phenoxy) is 2. The maximum Gasteiger partial charge on any atom is 0.338 e. The highest BCUT2D eigenvalue weighted by Gasteiger charge is 2.33. The number of hydrogen-bond acceptors (Lipinski definition) is 7. The zero-order valence-electron chi connectivity index (χ0n) is 16.8. The van der Waals surface area contributed by atoms with Gasteiger partial charge < -0.3 is 9.47 Å². The molecule has 0 saturated heterocycles. The van der Waals surface area contributed by atoms with Crippen molar-refractivity contribution in [3.63, 3.8) is 0 Å². The topological polar surface area (TPSA) is 69.9 Å². The number of carbonyl (C=O) groups excluding carboxylic acids is 1. The predicted molar refractivity (Wildman–Crippen MR) is 125 cm³/mol. The van der Waals surface area contributed by atoms with Gasteiger partial charge in [-0.2, -0.15) is 0 Å². The van der Waals surface area contributed by atoms with Crippen molar-refractivity contribution in [3.8, 4) is 0 Å². The summed E-state index contributed by atoms with van der Waals surface area (Å²) in [5, 5.41) is 1.93. The molecule has 0 aliphatic carbocycles. The lowest BCUT2D eigenvalue weighted by Gasteiger charge is -2.23. The fraction of sp³-hybridized carbons (Fsp3) is 0.227. The number of esters is 1. The molecular weight excluding hydrogens is 500 g/mol. The summed E-state index contributed by atoms with van der Waals surface area (Å²) in [6.07, 6.45) is 1.84. The fourth-order valence-corrected chi connectivity index (χ4v) is 5.63. The Hall–Kier alpha value is -2.33. The molecule has 9 heteroatoms. The number of allylic oxidation sites excluding steroid dienone is 1. The van der Waals surface area contributed by atoms with E-state index >= 15 is 0 Å². The van der Waals surface area contributed by atoms with Crippen molar-refractivity contribution in [2.75, 3.05) is 20.3 Å². The van der Waals surface area contributed by atoms with Gasteiger partial charge >= 0.3 is 5.97 Å². The summed E-state index contributed by atoms with van der Waals surface area (Å²) < 4.78 is 13.4. The summed E-state index contributed by atoms with van der Waals surface area (Å²) in [6, 6.07) is 11.0. The number of halogens is 1. The Balaban J connectivity index is 1.86. The van der Waals surface area contributed by atoms with Crippen LogP contribution in [0.25, 0.3) is 6.08 Å². The van der Waals surface area contributed by atoms with Gasteiger partial charge in [-0.25, -0.2) is 9.79 Å². The molecule has 3 heterocycles. The van der Waals surface area contributed by atoms with Gasteiger partial charge in [-0.3, -0.25) is 9.36 Å². The first-order valence-electron chi connectivity index (χ1n) is 9.47. The van der Waals surface area contributed by atoms with Gasteiger partial charge in [0, 0.05) is 16.5 Å². The van der Waals surface area contributed by atoms with E-state index in [2.05, 4.69) is 20.9 Å². The quantitative estimate of drug-likeness (QED) is 0.371. The lowest BCUT2D eigenvalue weighted by atomic mass is 10.0. The van der Waals surface area contributed by atoms with Gasteiger partial charge in [0.2, 0.25) is 0 Å². The largest absolute Gasteiger partial charge is 0.460 e. The van der Waals surface area contributed by atoms with E-state index in [9.17, 15) is 9.59 Å². The lowest BCUT2D eigenvalue weighted by Crippen LogP contribution is -2.39. The summed E-state index contributed by atoms with van der Waals surface area (Å²) >= 11 is 6.26. The minimum atomic E-state index is -0.573. The van der Waals surface area contributed by atoms with Crippen LogP contribution < -0.4 is 14.9 Å². The molecule has 2 aromatic heterocycles. The van der Waals surface area contributed by atoms with Gasteiger partial charge in [-0.1, -0.05) is 45.5 Å². The highest BCUT2D eigenvalue weighted by Crippen LogP contribution is 2.33. The molecule has 0 bridgehead atoms. The van der Waals surface area contributed by atoms with E-state index in [-0.39, 0.29) is 12.2 Å². The number of nitrogens with zero attached hydrogens (tertiary/aromatic N) is 2. The first-order chi connectivity index (χ1) is 15.0. The molecule has 3 aromatic rings. The molecule has 6 nitrogen and oxygen atoms in total. The van der Waals surface area contributed by atoms with Crippen LogP contribution in [0, 0.1) is 0 Å². The van der Waals surface area contributed by atoms with Crippen LogP contribution in [-0.2, 0) is 14.3 Å². The molecule has 1 aliphatic rings. The summed E-state index contributed by atoms with van der Waals surface area (Å²) in [5.41, 5.74) is 1.65. The smallest absolute Gasteiger partial charge is 0.338 e. The Morgan fingerprint density at radius 2 is 2.13 bits per heavy atom. The second-order valence-electron chi connectivity index (χ2n) is 6.78. The molecule has 0 spiro atoms. The highest BCUT2D eigenvalue weighted by molar-refractivity contribution is 9.10. The molecule has 0 N–H and O–H groups in total. The van der Waals surface area contributed by atoms with E-state index in [4.69, 9.17) is 9.47 Å². The Bertz CT molecular complexity index is 1320. The molecule has 31 heavy (non-hydrogen) atoms. The zero-order chi connectivity index (χ0) is 22.0. The third kappa shape index (κ3) is 4.50. The van der Waals surface area contributed by atoms with E-state index in [0.717, 1.165) is 14.9 Å². The Morgan fingerprint density at radius 3 is 2.84 bits per heavy atom. The van der Waals surface area contributed by atoms with Crippen LogP contribution in [0.3, 0.4) is 0 Å². The molecule has 1 aliphatic heterocycles. The molecule has 0 fully saturated rings. The van der Waals surface area contributed by atoms with Crippen molar-refractivity contribution in [1.82, 2.24) is 4.57 Å². The molecule has 1 unspecified atom stereocenters. The zero-order valence-corrected chi connectivity index (χ0v) is 20.1. The number of fused-ring (bicyclic) bond motifs is 1. The Labute approximate surface area is 194 Å². The van der Waals surface area contributed by atoms with Crippen LogP contribution >= 0.6 is 38.6 Å². The molecular formula is C22H19BrN2O4S2. The monoisotopic (exact) mass is 518 g/mol. The fourth-order valence-electron chi connectivity index (χ4n) is 3.34. The lowest BCUT2D eigenvalue weighted by molar-refractivity contribution is -0.140. The van der Waals surface area contributed by atoms with E-state index in [0.29, 0.717) is 27.2 Å². The third-order valence-corrected chi connectivity index (χ3v) is 7.12. The van der Waals surface area contributed by atoms with Gasteiger partial charge in [0.1, 0.15) is 12.6 Å². The van der Waals surface area contributed by atoms with Crippen molar-refractivity contribution in [1.29, 1.82) is 0 Å². The summed E-state index contributed by atoms with van der Waals surface area (Å²) in [7, 11) is 1.54. The van der Waals surface area contributed by atoms with Crippen LogP contribution in [0.4, 0.5) is 0 Å². The Kier molecular flexibility index (Phi) is 6.66. The second kappa shape index (κ2) is 9.44. The number of carbonyl (C=O) groups is 1. The summed E-state index contributed by atoms with van der Waals surface area (Å²) in [5.74, 6) is -0.488. The molecule has 0 radical (unpaired) electrons. The van der Waals surface area contributed by atoms with E-state index in [1.807, 2.05) is 47.9 Å². The number of methoxy groups -OCH3 is 1. The van der Waals surface area contributed by atoms with E-state index < -0.39 is 12.0 Å². The van der Waals surface area contributed by atoms with Crippen LogP contribution in [-0.4, -0.2) is 30.9 Å². The number of benzene rings is 1. The van der Waals surface area contributed by atoms with E-state index in [1.165, 1.54) is 22.7 Å². The SMILES string of the molecule is COCCOC(=O)C1=C(C)N=c2sc(=Cc3cccc(Br)c3)c(=O)n2C1c1cccs1. The molecule has 1 atom stereocenters. The minimum absolute atomic E-state index is 0.135. The summed E-state index contributed by atoms with van der Waals surface area (Å²) in [6.45, 7) is 2.21. The van der Waals surface area contributed by atoms with Crippen molar-refractivity contribution < 1.29 is 14.3 Å². The van der Waals surface area contributed by atoms with Crippen LogP contribution in [0.1, 0.15) is 23.4 Å². The van der Waals surface area contributed by atoms with Crippen LogP contribution in [0.2, 0.25) is 0 Å². The van der Waals surface area contributed by atoms with Crippen molar-refractivity contribution in [2.24, 2.45) is 4.99 Å². The maximum atomic E-state index is 13.4. The van der Waals surface area contributed by atoms with Crippen molar-refractivity contribution in [3.05, 3.63) is 87.6 Å². The number of rotatable bonds is 6. The Morgan fingerprint density at radius 1 is 1.29 bits per heavy atom. The second-order valence-corrected chi connectivity index (χ2v) is 9.68. The molecule has 0 amide bonds. The van der Waals surface area contributed by atoms with Crippen molar-refractivity contribution in [2.45, 2.75) is 13.0 Å². The molecule has 4 rings (SSSR count). The average molecular weight is 519 g/mol. The first-order valence-corrected chi connectivity index (χ1v) is 12.0. The standard InChI is InChI=1S/C22H19BrN2O4S2/c1-13-18(21(27)29-9-8-28-2)19(16-7-4-10-30-16)25-20(26)17(31-22(25)24-13)12-14-5-3-6-15(23)11-14/h3-7,10-12,19H,8-9H2,1-2H3. The molecule has 1 aromatic carbocycles. The van der Waals surface area contributed by atoms with Crippen molar-refractivity contribution >= 4 is 50.6 Å². The average Bonchev–Trinajstić information content (AvgIpc) is 3.36.